The van der Waals surface area contributed by atoms with Crippen molar-refractivity contribution in [2.75, 3.05) is 17.6 Å². The lowest BCUT2D eigenvalue weighted by atomic mass is 9.99. The second kappa shape index (κ2) is 6.02. The van der Waals surface area contributed by atoms with Gasteiger partial charge in [-0.05, 0) is 25.1 Å². The molecule has 20 heavy (non-hydrogen) atoms. The van der Waals surface area contributed by atoms with Gasteiger partial charge in [-0.2, -0.15) is 0 Å². The molecule has 0 atom stereocenters. The second-order valence-corrected chi connectivity index (χ2v) is 4.47. The number of para-hydroxylation sites is 1. The highest BCUT2D eigenvalue weighted by molar-refractivity contribution is 6.12. The summed E-state index contributed by atoms with van der Waals surface area (Å²) in [4.78, 5) is 23.8. The van der Waals surface area contributed by atoms with Crippen LogP contribution in [0.25, 0.3) is 0 Å². The summed E-state index contributed by atoms with van der Waals surface area (Å²) in [6, 6.07) is 14.3. The number of Topliss-reactive ketones (excluding diaryl/α,β-unsaturated/α-hetero) is 2. The lowest BCUT2D eigenvalue weighted by Gasteiger charge is -2.10. The van der Waals surface area contributed by atoms with Crippen LogP contribution < -0.4 is 11.1 Å². The van der Waals surface area contributed by atoms with Crippen LogP contribution in [0, 0.1) is 0 Å². The predicted octanol–water partition coefficient (Wildman–Crippen LogP) is 2.77. The Morgan fingerprint density at radius 3 is 2.40 bits per heavy atom. The van der Waals surface area contributed by atoms with Crippen LogP contribution in [0.5, 0.6) is 0 Å². The molecule has 0 bridgehead atoms. The maximum absolute atomic E-state index is 12.2. The maximum atomic E-state index is 12.2. The first-order valence-corrected chi connectivity index (χ1v) is 6.31. The largest absolute Gasteiger partial charge is 0.398 e. The molecule has 0 aliphatic carbocycles. The predicted molar refractivity (Wildman–Crippen MR) is 80.1 cm³/mol. The summed E-state index contributed by atoms with van der Waals surface area (Å²) in [5, 5.41) is 3.03. The number of nitrogen functional groups attached to an aromatic ring is 1. The number of hydrogen-bond donors (Lipinski definition) is 2. The number of anilines is 2. The van der Waals surface area contributed by atoms with Crippen LogP contribution in [0.3, 0.4) is 0 Å². The molecular formula is C16H16N2O2. The van der Waals surface area contributed by atoms with Crippen molar-refractivity contribution in [3.05, 3.63) is 59.7 Å². The van der Waals surface area contributed by atoms with Crippen LogP contribution >= 0.6 is 0 Å². The van der Waals surface area contributed by atoms with Crippen LogP contribution in [0.1, 0.15) is 27.6 Å². The zero-order chi connectivity index (χ0) is 14.5. The normalized spacial score (nSPS) is 10.1. The van der Waals surface area contributed by atoms with Gasteiger partial charge in [0.1, 0.15) is 0 Å². The van der Waals surface area contributed by atoms with Gasteiger partial charge in [0.25, 0.3) is 0 Å². The molecule has 4 nitrogen and oxygen atoms in total. The minimum Gasteiger partial charge on any atom is -0.398 e. The van der Waals surface area contributed by atoms with Gasteiger partial charge >= 0.3 is 0 Å². The minimum absolute atomic E-state index is 0.119. The highest BCUT2D eigenvalue weighted by Gasteiger charge is 2.16. The Labute approximate surface area is 117 Å². The van der Waals surface area contributed by atoms with Gasteiger partial charge in [0, 0.05) is 16.9 Å². The molecule has 2 aromatic rings. The summed E-state index contributed by atoms with van der Waals surface area (Å²) >= 11 is 0. The fraction of sp³-hybridized carbons (Fsp3) is 0.125. The van der Waals surface area contributed by atoms with E-state index < -0.39 is 0 Å². The Bertz CT molecular complexity index is 636. The number of carbonyl (C=O) groups is 2. The molecule has 3 N–H and O–H groups in total. The van der Waals surface area contributed by atoms with Gasteiger partial charge in [-0.25, -0.2) is 0 Å². The van der Waals surface area contributed by atoms with Gasteiger partial charge < -0.3 is 11.1 Å². The molecule has 0 spiro atoms. The molecule has 0 aliphatic heterocycles. The first kappa shape index (κ1) is 13.8. The number of nitrogens with two attached hydrogens (primary N) is 1. The fourth-order valence-corrected chi connectivity index (χ4v) is 2.03. The monoisotopic (exact) mass is 268 g/mol. The first-order chi connectivity index (χ1) is 9.59. The lowest BCUT2D eigenvalue weighted by Crippen LogP contribution is -2.17. The van der Waals surface area contributed by atoms with Crippen molar-refractivity contribution in [3.8, 4) is 0 Å². The molecule has 0 fully saturated rings. The van der Waals surface area contributed by atoms with Crippen molar-refractivity contribution >= 4 is 22.9 Å². The number of benzene rings is 2. The molecule has 0 aliphatic rings. The van der Waals surface area contributed by atoms with E-state index in [-0.39, 0.29) is 18.1 Å². The average Bonchev–Trinajstić information content (AvgIpc) is 2.45. The van der Waals surface area contributed by atoms with E-state index in [9.17, 15) is 9.59 Å². The van der Waals surface area contributed by atoms with Gasteiger partial charge in [-0.3, -0.25) is 9.59 Å². The van der Waals surface area contributed by atoms with E-state index in [4.69, 9.17) is 5.73 Å². The molecule has 2 aromatic carbocycles. The summed E-state index contributed by atoms with van der Waals surface area (Å²) in [7, 11) is 0. The molecule has 2 rings (SSSR count). The molecule has 4 heteroatoms. The van der Waals surface area contributed by atoms with Gasteiger partial charge in [0.05, 0.1) is 12.1 Å². The Balaban J connectivity index is 2.18. The molecule has 102 valence electrons. The zero-order valence-electron chi connectivity index (χ0n) is 11.2. The molecule has 0 saturated heterocycles. The van der Waals surface area contributed by atoms with Crippen molar-refractivity contribution in [3.63, 3.8) is 0 Å². The Kier molecular flexibility index (Phi) is 4.15. The van der Waals surface area contributed by atoms with Gasteiger partial charge in [0.2, 0.25) is 0 Å². The highest BCUT2D eigenvalue weighted by Crippen LogP contribution is 2.18. The fourth-order valence-electron chi connectivity index (χ4n) is 2.03. The second-order valence-electron chi connectivity index (χ2n) is 4.47. The number of rotatable bonds is 5. The quantitative estimate of drug-likeness (QED) is 0.646. The molecule has 0 heterocycles. The number of carbonyl (C=O) groups excluding carboxylic acids is 2. The number of ketones is 2. The van der Waals surface area contributed by atoms with E-state index in [1.807, 2.05) is 30.3 Å². The zero-order valence-corrected chi connectivity index (χ0v) is 11.2. The average molecular weight is 268 g/mol. The van der Waals surface area contributed by atoms with Crippen molar-refractivity contribution in [2.45, 2.75) is 6.92 Å². The first-order valence-electron chi connectivity index (χ1n) is 6.31. The Hall–Kier alpha value is -2.62. The van der Waals surface area contributed by atoms with Crippen LogP contribution in [-0.2, 0) is 0 Å². The lowest BCUT2D eigenvalue weighted by molar-refractivity contribution is 0.0977. The highest BCUT2D eigenvalue weighted by atomic mass is 16.1. The number of hydrogen-bond acceptors (Lipinski definition) is 4. The molecule has 0 unspecified atom stereocenters. The minimum atomic E-state index is -0.203. The van der Waals surface area contributed by atoms with Crippen LogP contribution in [-0.4, -0.2) is 18.1 Å². The van der Waals surface area contributed by atoms with E-state index in [1.54, 1.807) is 18.2 Å². The van der Waals surface area contributed by atoms with Gasteiger partial charge in [0.15, 0.2) is 11.6 Å². The third-order valence-electron chi connectivity index (χ3n) is 2.98. The van der Waals surface area contributed by atoms with E-state index in [0.717, 1.165) is 5.69 Å². The summed E-state index contributed by atoms with van der Waals surface area (Å²) in [6.07, 6.45) is 0. The molecule has 0 radical (unpaired) electrons. The topological polar surface area (TPSA) is 72.2 Å². The Morgan fingerprint density at radius 2 is 1.75 bits per heavy atom. The molecular weight excluding hydrogens is 252 g/mol. The SMILES string of the molecule is CC(=O)c1c(N)cccc1C(=O)CNc1ccccc1. The van der Waals surface area contributed by atoms with Crippen molar-refractivity contribution in [1.29, 1.82) is 0 Å². The third kappa shape index (κ3) is 3.03. The van der Waals surface area contributed by atoms with Gasteiger partial charge in [-0.15, -0.1) is 0 Å². The van der Waals surface area contributed by atoms with Crippen LogP contribution in [0.2, 0.25) is 0 Å². The van der Waals surface area contributed by atoms with Gasteiger partial charge in [-0.1, -0.05) is 30.3 Å². The summed E-state index contributed by atoms with van der Waals surface area (Å²) in [5.41, 5.74) is 7.63. The van der Waals surface area contributed by atoms with Crippen molar-refractivity contribution in [1.82, 2.24) is 0 Å². The van der Waals surface area contributed by atoms with Crippen molar-refractivity contribution < 1.29 is 9.59 Å². The van der Waals surface area contributed by atoms with Crippen molar-refractivity contribution in [2.24, 2.45) is 0 Å². The van der Waals surface area contributed by atoms with E-state index in [0.29, 0.717) is 16.8 Å². The summed E-state index contributed by atoms with van der Waals surface area (Å²) in [6.45, 7) is 1.53. The molecule has 0 aromatic heterocycles. The van der Waals surface area contributed by atoms with E-state index >= 15 is 0 Å². The standard InChI is InChI=1S/C16H16N2O2/c1-11(19)16-13(8-5-9-14(16)17)15(20)10-18-12-6-3-2-4-7-12/h2-9,18H,10,17H2,1H3. The summed E-state index contributed by atoms with van der Waals surface area (Å²) < 4.78 is 0. The maximum Gasteiger partial charge on any atom is 0.182 e. The van der Waals surface area contributed by atoms with E-state index in [2.05, 4.69) is 5.32 Å². The third-order valence-corrected chi connectivity index (χ3v) is 2.98. The van der Waals surface area contributed by atoms with Crippen LogP contribution in [0.15, 0.2) is 48.5 Å². The van der Waals surface area contributed by atoms with Crippen LogP contribution in [0.4, 0.5) is 11.4 Å². The Morgan fingerprint density at radius 1 is 1.05 bits per heavy atom. The smallest absolute Gasteiger partial charge is 0.182 e. The number of nitrogens with one attached hydrogen (secondary N) is 1. The molecule has 0 saturated carbocycles. The summed E-state index contributed by atoms with van der Waals surface area (Å²) in [5.74, 6) is -0.363. The van der Waals surface area contributed by atoms with E-state index in [1.165, 1.54) is 6.92 Å². The molecule has 0 amide bonds.